The Kier molecular flexibility index (Phi) is 4.81. The van der Waals surface area contributed by atoms with E-state index in [0.29, 0.717) is 22.9 Å². The Morgan fingerprint density at radius 3 is 2.52 bits per heavy atom. The molecule has 1 aliphatic heterocycles. The Morgan fingerprint density at radius 1 is 1.07 bits per heavy atom. The predicted molar refractivity (Wildman–Crippen MR) is 109 cm³/mol. The lowest BCUT2D eigenvalue weighted by Crippen LogP contribution is -2.22. The van der Waals surface area contributed by atoms with Gasteiger partial charge in [-0.2, -0.15) is 0 Å². The van der Waals surface area contributed by atoms with Crippen molar-refractivity contribution in [2.24, 2.45) is 0 Å². The van der Waals surface area contributed by atoms with E-state index in [1.165, 1.54) is 0 Å². The van der Waals surface area contributed by atoms with Gasteiger partial charge in [0.25, 0.3) is 0 Å². The van der Waals surface area contributed by atoms with Gasteiger partial charge in [0.15, 0.2) is 11.5 Å². The van der Waals surface area contributed by atoms with Crippen molar-refractivity contribution in [2.45, 2.75) is 12.3 Å². The van der Waals surface area contributed by atoms with Gasteiger partial charge < -0.3 is 14.8 Å². The number of benzene rings is 2. The Balaban J connectivity index is 1.78. The van der Waals surface area contributed by atoms with E-state index in [9.17, 15) is 4.79 Å². The number of hydrogen-bond donors (Lipinski definition) is 1. The minimum atomic E-state index is -0.0143. The molecule has 2 aromatic carbocycles. The number of thiophene rings is 1. The monoisotopic (exact) mass is 399 g/mol. The van der Waals surface area contributed by atoms with Crippen molar-refractivity contribution in [2.75, 3.05) is 19.5 Å². The summed E-state index contributed by atoms with van der Waals surface area (Å²) in [5.41, 5.74) is 3.97. The Hall–Kier alpha value is -2.50. The fourth-order valence-electron chi connectivity index (χ4n) is 3.41. The van der Waals surface area contributed by atoms with Crippen molar-refractivity contribution in [1.29, 1.82) is 0 Å². The van der Waals surface area contributed by atoms with Crippen LogP contribution in [0.3, 0.4) is 0 Å². The zero-order valence-corrected chi connectivity index (χ0v) is 16.5. The summed E-state index contributed by atoms with van der Waals surface area (Å²) in [5.74, 6) is 1.34. The largest absolute Gasteiger partial charge is 0.493 e. The lowest BCUT2D eigenvalue weighted by Gasteiger charge is -2.24. The second-order valence-electron chi connectivity index (χ2n) is 6.31. The molecule has 0 fully saturated rings. The van der Waals surface area contributed by atoms with Crippen molar-refractivity contribution in [3.8, 4) is 22.6 Å². The summed E-state index contributed by atoms with van der Waals surface area (Å²) in [5, 5.41) is 5.84. The summed E-state index contributed by atoms with van der Waals surface area (Å²) in [4.78, 5) is 13.6. The van der Waals surface area contributed by atoms with Gasteiger partial charge in [-0.1, -0.05) is 29.8 Å². The molecule has 0 bridgehead atoms. The van der Waals surface area contributed by atoms with E-state index in [1.54, 1.807) is 25.6 Å². The molecule has 0 spiro atoms. The second kappa shape index (κ2) is 7.25. The van der Waals surface area contributed by atoms with Crippen LogP contribution in [0.15, 0.2) is 47.8 Å². The van der Waals surface area contributed by atoms with Crippen molar-refractivity contribution in [3.05, 3.63) is 63.3 Å². The number of fused-ring (bicyclic) bond motifs is 1. The number of amides is 1. The fourth-order valence-corrected chi connectivity index (χ4v) is 4.69. The van der Waals surface area contributed by atoms with Crippen LogP contribution in [-0.2, 0) is 4.79 Å². The normalized spacial score (nSPS) is 15.8. The summed E-state index contributed by atoms with van der Waals surface area (Å²) in [6.07, 6.45) is 0.406. The molecule has 1 amide bonds. The number of anilines is 1. The van der Waals surface area contributed by atoms with E-state index in [2.05, 4.69) is 10.7 Å². The summed E-state index contributed by atoms with van der Waals surface area (Å²) >= 11 is 7.67. The average Bonchev–Trinajstić information content (AvgIpc) is 3.11. The number of methoxy groups -OCH3 is 2. The third-order valence-corrected chi connectivity index (χ3v) is 6.10. The fraction of sp³-hybridized carbons (Fsp3) is 0.190. The van der Waals surface area contributed by atoms with Crippen molar-refractivity contribution < 1.29 is 14.3 Å². The quantitative estimate of drug-likeness (QED) is 0.624. The standard InChI is InChI=1S/C21H18ClNO3S/c1-25-17-8-5-13(9-18(17)26-2)15-10-19(24)23-20-16(11-27-21(15)20)12-3-6-14(22)7-4-12/h3-9,11,15H,10H2,1-2H3,(H,23,24). The molecule has 3 aromatic rings. The van der Waals surface area contributed by atoms with Gasteiger partial charge in [0, 0.05) is 33.2 Å². The van der Waals surface area contributed by atoms with Crippen molar-refractivity contribution in [1.82, 2.24) is 0 Å². The highest BCUT2D eigenvalue weighted by Gasteiger charge is 2.31. The number of nitrogens with one attached hydrogen (secondary N) is 1. The van der Waals surface area contributed by atoms with E-state index >= 15 is 0 Å². The summed E-state index contributed by atoms with van der Waals surface area (Å²) < 4.78 is 10.8. The first kappa shape index (κ1) is 17.9. The van der Waals surface area contributed by atoms with Crippen LogP contribution in [0.1, 0.15) is 22.8 Å². The van der Waals surface area contributed by atoms with Gasteiger partial charge >= 0.3 is 0 Å². The van der Waals surface area contributed by atoms with Gasteiger partial charge in [0.05, 0.1) is 19.9 Å². The Bertz CT molecular complexity index is 997. The van der Waals surface area contributed by atoms with Crippen LogP contribution < -0.4 is 14.8 Å². The molecular formula is C21H18ClNO3S. The Morgan fingerprint density at radius 2 is 1.81 bits per heavy atom. The lowest BCUT2D eigenvalue weighted by molar-refractivity contribution is -0.116. The smallest absolute Gasteiger partial charge is 0.225 e. The maximum absolute atomic E-state index is 12.4. The first-order chi connectivity index (χ1) is 13.1. The van der Waals surface area contributed by atoms with Gasteiger partial charge in [-0.3, -0.25) is 4.79 Å². The lowest BCUT2D eigenvalue weighted by atomic mass is 9.89. The maximum Gasteiger partial charge on any atom is 0.225 e. The molecular weight excluding hydrogens is 382 g/mol. The van der Waals surface area contributed by atoms with Crippen LogP contribution in [0.5, 0.6) is 11.5 Å². The summed E-state index contributed by atoms with van der Waals surface area (Å²) in [6, 6.07) is 13.5. The number of hydrogen-bond acceptors (Lipinski definition) is 4. The van der Waals surface area contributed by atoms with E-state index in [-0.39, 0.29) is 11.8 Å². The van der Waals surface area contributed by atoms with Crippen molar-refractivity contribution >= 4 is 34.5 Å². The zero-order chi connectivity index (χ0) is 19.0. The summed E-state index contributed by atoms with van der Waals surface area (Å²) in [6.45, 7) is 0. The average molecular weight is 400 g/mol. The van der Waals surface area contributed by atoms with E-state index < -0.39 is 0 Å². The first-order valence-corrected chi connectivity index (χ1v) is 9.75. The van der Waals surface area contributed by atoms with E-state index in [0.717, 1.165) is 27.3 Å². The highest BCUT2D eigenvalue weighted by Crippen LogP contribution is 2.47. The van der Waals surface area contributed by atoms with Crippen LogP contribution in [0, 0.1) is 0 Å². The molecule has 0 saturated heterocycles. The first-order valence-electron chi connectivity index (χ1n) is 8.49. The minimum Gasteiger partial charge on any atom is -0.493 e. The molecule has 1 aliphatic rings. The van der Waals surface area contributed by atoms with Gasteiger partial charge in [-0.05, 0) is 35.4 Å². The van der Waals surface area contributed by atoms with Gasteiger partial charge in [-0.25, -0.2) is 0 Å². The highest BCUT2D eigenvalue weighted by molar-refractivity contribution is 7.11. The number of carbonyl (C=O) groups excluding carboxylic acids is 1. The summed E-state index contributed by atoms with van der Waals surface area (Å²) in [7, 11) is 3.23. The molecule has 138 valence electrons. The molecule has 27 heavy (non-hydrogen) atoms. The van der Waals surface area contributed by atoms with Crippen molar-refractivity contribution in [3.63, 3.8) is 0 Å². The number of ether oxygens (including phenoxy) is 2. The van der Waals surface area contributed by atoms with Crippen LogP contribution in [0.4, 0.5) is 5.69 Å². The molecule has 0 saturated carbocycles. The third-order valence-electron chi connectivity index (χ3n) is 4.76. The molecule has 6 heteroatoms. The molecule has 1 atom stereocenters. The third kappa shape index (κ3) is 3.29. The molecule has 0 aliphatic carbocycles. The molecule has 1 unspecified atom stereocenters. The predicted octanol–water partition coefficient (Wildman–Crippen LogP) is 5.56. The topological polar surface area (TPSA) is 47.6 Å². The van der Waals surface area contributed by atoms with Crippen LogP contribution >= 0.6 is 22.9 Å². The number of carbonyl (C=O) groups is 1. The van der Waals surface area contributed by atoms with E-state index in [4.69, 9.17) is 21.1 Å². The van der Waals surface area contributed by atoms with Gasteiger partial charge in [-0.15, -0.1) is 11.3 Å². The molecule has 4 nitrogen and oxygen atoms in total. The van der Waals surface area contributed by atoms with Crippen LogP contribution in [-0.4, -0.2) is 20.1 Å². The molecule has 4 rings (SSSR count). The Labute approximate surface area is 166 Å². The van der Waals surface area contributed by atoms with Gasteiger partial charge in [0.1, 0.15) is 0 Å². The van der Waals surface area contributed by atoms with Crippen LogP contribution in [0.25, 0.3) is 11.1 Å². The zero-order valence-electron chi connectivity index (χ0n) is 14.9. The minimum absolute atomic E-state index is 0.0101. The molecule has 1 aromatic heterocycles. The molecule has 0 radical (unpaired) electrons. The second-order valence-corrected chi connectivity index (χ2v) is 7.66. The van der Waals surface area contributed by atoms with Gasteiger partial charge in [0.2, 0.25) is 5.91 Å². The number of halogens is 1. The van der Waals surface area contributed by atoms with Crippen LogP contribution in [0.2, 0.25) is 5.02 Å². The molecule has 2 heterocycles. The molecule has 1 N–H and O–H groups in total. The van der Waals surface area contributed by atoms with E-state index in [1.807, 2.05) is 42.5 Å². The number of rotatable bonds is 4. The SMILES string of the molecule is COc1ccc(C2CC(=O)Nc3c(-c4ccc(Cl)cc4)csc32)cc1OC. The maximum atomic E-state index is 12.4. The highest BCUT2D eigenvalue weighted by atomic mass is 35.5.